The zero-order valence-corrected chi connectivity index (χ0v) is 16.2. The van der Waals surface area contributed by atoms with E-state index < -0.39 is 0 Å². The van der Waals surface area contributed by atoms with E-state index in [2.05, 4.69) is 20.7 Å². The van der Waals surface area contributed by atoms with Gasteiger partial charge in [-0.2, -0.15) is 5.10 Å². The van der Waals surface area contributed by atoms with Gasteiger partial charge in [-0.3, -0.25) is 14.3 Å². The number of hydrogen-bond donors (Lipinski definition) is 2. The minimum absolute atomic E-state index is 0.0375. The highest BCUT2D eigenvalue weighted by molar-refractivity contribution is 5.95. The van der Waals surface area contributed by atoms with E-state index in [9.17, 15) is 9.59 Å². The van der Waals surface area contributed by atoms with Crippen molar-refractivity contribution >= 4 is 11.8 Å². The SMILES string of the molecule is CC(=O)NCC1CCn2ncc(C(=O)NCc3coc(-c4ccccc4)n3)c2C1. The van der Waals surface area contributed by atoms with Crippen molar-refractivity contribution < 1.29 is 14.0 Å². The van der Waals surface area contributed by atoms with Crippen LogP contribution in [-0.2, 0) is 24.3 Å². The van der Waals surface area contributed by atoms with Crippen LogP contribution >= 0.6 is 0 Å². The highest BCUT2D eigenvalue weighted by Crippen LogP contribution is 2.23. The molecule has 0 bridgehead atoms. The van der Waals surface area contributed by atoms with Crippen molar-refractivity contribution in [3.8, 4) is 11.5 Å². The van der Waals surface area contributed by atoms with Gasteiger partial charge in [0.05, 0.1) is 29.7 Å². The first-order chi connectivity index (χ1) is 14.1. The normalized spacial score (nSPS) is 15.6. The number of amides is 2. The molecule has 4 rings (SSSR count). The topological polar surface area (TPSA) is 102 Å². The standard InChI is InChI=1S/C21H23N5O3/c1-14(27)22-10-15-7-8-26-19(9-15)18(12-24-26)20(28)23-11-17-13-29-21(25-17)16-5-3-2-4-6-16/h2-6,12-13,15H,7-11H2,1H3,(H,22,27)(H,23,28). The summed E-state index contributed by atoms with van der Waals surface area (Å²) < 4.78 is 7.39. The lowest BCUT2D eigenvalue weighted by molar-refractivity contribution is -0.119. The minimum atomic E-state index is -0.185. The second-order valence-electron chi connectivity index (χ2n) is 7.22. The van der Waals surface area contributed by atoms with Crippen molar-refractivity contribution in [2.45, 2.75) is 32.9 Å². The molecule has 0 radical (unpaired) electrons. The predicted octanol–water partition coefficient (Wildman–Crippen LogP) is 2.17. The molecule has 1 atom stereocenters. The quantitative estimate of drug-likeness (QED) is 0.668. The molecule has 0 saturated heterocycles. The van der Waals surface area contributed by atoms with Crippen LogP contribution in [0.25, 0.3) is 11.5 Å². The highest BCUT2D eigenvalue weighted by atomic mass is 16.3. The molecule has 2 aromatic heterocycles. The van der Waals surface area contributed by atoms with E-state index in [0.29, 0.717) is 36.0 Å². The number of carbonyl (C=O) groups excluding carboxylic acids is 2. The van der Waals surface area contributed by atoms with Gasteiger partial charge in [0.1, 0.15) is 6.26 Å². The molecule has 3 aromatic rings. The summed E-state index contributed by atoms with van der Waals surface area (Å²) >= 11 is 0. The predicted molar refractivity (Wildman–Crippen MR) is 106 cm³/mol. The molecule has 0 spiro atoms. The van der Waals surface area contributed by atoms with Crippen molar-refractivity contribution in [3.05, 3.63) is 59.7 Å². The maximum Gasteiger partial charge on any atom is 0.255 e. The minimum Gasteiger partial charge on any atom is -0.444 e. The van der Waals surface area contributed by atoms with Gasteiger partial charge in [0.25, 0.3) is 5.91 Å². The fourth-order valence-corrected chi connectivity index (χ4v) is 3.52. The van der Waals surface area contributed by atoms with Gasteiger partial charge in [-0.1, -0.05) is 18.2 Å². The number of nitrogens with zero attached hydrogens (tertiary/aromatic N) is 3. The van der Waals surface area contributed by atoms with Gasteiger partial charge in [-0.15, -0.1) is 0 Å². The Kier molecular flexibility index (Phi) is 5.41. The van der Waals surface area contributed by atoms with E-state index in [1.165, 1.54) is 6.92 Å². The average molecular weight is 393 g/mol. The molecule has 1 aliphatic heterocycles. The van der Waals surface area contributed by atoms with Crippen LogP contribution in [0.5, 0.6) is 0 Å². The third-order valence-corrected chi connectivity index (χ3v) is 5.07. The lowest BCUT2D eigenvalue weighted by Crippen LogP contribution is -2.33. The number of aromatic nitrogens is 3. The molecular weight excluding hydrogens is 370 g/mol. The fourth-order valence-electron chi connectivity index (χ4n) is 3.52. The molecule has 29 heavy (non-hydrogen) atoms. The summed E-state index contributed by atoms with van der Waals surface area (Å²) in [6, 6.07) is 9.61. The Bertz CT molecular complexity index is 1010. The van der Waals surface area contributed by atoms with E-state index in [4.69, 9.17) is 4.42 Å². The maximum absolute atomic E-state index is 12.7. The van der Waals surface area contributed by atoms with Crippen LogP contribution in [0.3, 0.4) is 0 Å². The monoisotopic (exact) mass is 393 g/mol. The number of carbonyl (C=O) groups is 2. The van der Waals surface area contributed by atoms with Crippen LogP contribution in [0.4, 0.5) is 0 Å². The van der Waals surface area contributed by atoms with E-state index >= 15 is 0 Å². The summed E-state index contributed by atoms with van der Waals surface area (Å²) in [4.78, 5) is 28.3. The van der Waals surface area contributed by atoms with Gasteiger partial charge in [0.2, 0.25) is 11.8 Å². The van der Waals surface area contributed by atoms with E-state index in [-0.39, 0.29) is 18.4 Å². The van der Waals surface area contributed by atoms with Crippen LogP contribution in [-0.4, -0.2) is 33.1 Å². The zero-order valence-electron chi connectivity index (χ0n) is 16.2. The Morgan fingerprint density at radius 1 is 1.24 bits per heavy atom. The zero-order chi connectivity index (χ0) is 20.2. The van der Waals surface area contributed by atoms with E-state index in [1.54, 1.807) is 12.5 Å². The van der Waals surface area contributed by atoms with Crippen molar-refractivity contribution in [1.82, 2.24) is 25.4 Å². The number of fused-ring (bicyclic) bond motifs is 1. The number of benzene rings is 1. The molecule has 3 heterocycles. The molecule has 0 aliphatic carbocycles. The third-order valence-electron chi connectivity index (χ3n) is 5.07. The highest BCUT2D eigenvalue weighted by Gasteiger charge is 2.25. The van der Waals surface area contributed by atoms with E-state index in [1.807, 2.05) is 35.0 Å². The molecule has 0 saturated carbocycles. The second-order valence-corrected chi connectivity index (χ2v) is 7.22. The second kappa shape index (κ2) is 8.30. The first-order valence-corrected chi connectivity index (χ1v) is 9.67. The average Bonchev–Trinajstić information content (AvgIpc) is 3.38. The van der Waals surface area contributed by atoms with Gasteiger partial charge in [-0.05, 0) is 30.9 Å². The van der Waals surface area contributed by atoms with Crippen LogP contribution in [0.15, 0.2) is 47.2 Å². The Morgan fingerprint density at radius 2 is 2.07 bits per heavy atom. The summed E-state index contributed by atoms with van der Waals surface area (Å²) in [5.74, 6) is 0.609. The molecule has 2 N–H and O–H groups in total. The molecule has 1 aliphatic rings. The van der Waals surface area contributed by atoms with Crippen LogP contribution < -0.4 is 10.6 Å². The summed E-state index contributed by atoms with van der Waals surface area (Å²) in [7, 11) is 0. The lowest BCUT2D eigenvalue weighted by Gasteiger charge is -2.24. The number of hydrogen-bond acceptors (Lipinski definition) is 5. The Morgan fingerprint density at radius 3 is 2.86 bits per heavy atom. The molecule has 2 amide bonds. The summed E-state index contributed by atoms with van der Waals surface area (Å²) in [6.07, 6.45) is 4.81. The van der Waals surface area contributed by atoms with E-state index in [0.717, 1.165) is 24.2 Å². The fraction of sp³-hybridized carbons (Fsp3) is 0.333. The molecule has 0 fully saturated rings. The van der Waals surface area contributed by atoms with Crippen LogP contribution in [0.2, 0.25) is 0 Å². The van der Waals surface area contributed by atoms with Gasteiger partial charge in [-0.25, -0.2) is 4.98 Å². The van der Waals surface area contributed by atoms with Crippen molar-refractivity contribution in [2.75, 3.05) is 6.54 Å². The first kappa shape index (κ1) is 18.9. The molecule has 8 heteroatoms. The third kappa shape index (κ3) is 4.37. The summed E-state index contributed by atoms with van der Waals surface area (Å²) in [5.41, 5.74) is 3.03. The number of rotatable bonds is 6. The van der Waals surface area contributed by atoms with Gasteiger partial charge < -0.3 is 15.1 Å². The Labute approximate surface area is 168 Å². The first-order valence-electron chi connectivity index (χ1n) is 9.67. The number of nitrogens with one attached hydrogen (secondary N) is 2. The lowest BCUT2D eigenvalue weighted by atomic mass is 9.94. The van der Waals surface area contributed by atoms with Crippen LogP contribution in [0.1, 0.15) is 35.1 Å². The van der Waals surface area contributed by atoms with Gasteiger partial charge >= 0.3 is 0 Å². The maximum atomic E-state index is 12.7. The van der Waals surface area contributed by atoms with Crippen molar-refractivity contribution in [3.63, 3.8) is 0 Å². The van der Waals surface area contributed by atoms with Crippen molar-refractivity contribution in [1.29, 1.82) is 0 Å². The Balaban J connectivity index is 1.38. The molecular formula is C21H23N5O3. The number of aryl methyl sites for hydroxylation is 1. The molecule has 150 valence electrons. The number of oxazole rings is 1. The van der Waals surface area contributed by atoms with Gasteiger partial charge in [0.15, 0.2) is 0 Å². The molecule has 1 unspecified atom stereocenters. The van der Waals surface area contributed by atoms with Crippen molar-refractivity contribution in [2.24, 2.45) is 5.92 Å². The smallest absolute Gasteiger partial charge is 0.255 e. The van der Waals surface area contributed by atoms with Crippen LogP contribution in [0, 0.1) is 5.92 Å². The van der Waals surface area contributed by atoms with Gasteiger partial charge in [0, 0.05) is 25.6 Å². The largest absolute Gasteiger partial charge is 0.444 e. The molecule has 1 aromatic carbocycles. The Hall–Kier alpha value is -3.42. The summed E-state index contributed by atoms with van der Waals surface area (Å²) in [6.45, 7) is 3.15. The molecule has 8 nitrogen and oxygen atoms in total. The summed E-state index contributed by atoms with van der Waals surface area (Å²) in [5, 5.41) is 10.1.